The number of fused-ring (bicyclic) bond motifs is 2. The summed E-state index contributed by atoms with van der Waals surface area (Å²) in [5.41, 5.74) is 2.86. The minimum Gasteiger partial charge on any atom is -0.492 e. The Balaban J connectivity index is 1.34. The van der Waals surface area contributed by atoms with Crippen LogP contribution in [0.1, 0.15) is 17.0 Å². The molecule has 8 nitrogen and oxygen atoms in total. The highest BCUT2D eigenvalue weighted by Crippen LogP contribution is 2.26. The molecule has 0 bridgehead atoms. The lowest BCUT2D eigenvalue weighted by Crippen LogP contribution is -2.43. The summed E-state index contributed by atoms with van der Waals surface area (Å²) in [5.74, 6) is 0.649. The van der Waals surface area contributed by atoms with Crippen LogP contribution in [0.5, 0.6) is 5.75 Å². The highest BCUT2D eigenvalue weighted by atomic mass is 16.5. The normalized spacial score (nSPS) is 17.9. The topological polar surface area (TPSA) is 79.7 Å². The van der Waals surface area contributed by atoms with Crippen molar-refractivity contribution >= 4 is 11.9 Å². The van der Waals surface area contributed by atoms with Gasteiger partial charge in [-0.2, -0.15) is 5.10 Å². The van der Waals surface area contributed by atoms with E-state index in [0.717, 1.165) is 22.7 Å². The van der Waals surface area contributed by atoms with Crippen molar-refractivity contribution in [1.82, 2.24) is 24.9 Å². The van der Waals surface area contributed by atoms with E-state index in [1.807, 2.05) is 35.0 Å². The average molecular weight is 383 g/mol. The second-order valence-electron chi connectivity index (χ2n) is 7.49. The van der Waals surface area contributed by atoms with E-state index in [1.165, 1.54) is 0 Å². The molecule has 4 rings (SSSR count). The van der Waals surface area contributed by atoms with Crippen LogP contribution >= 0.6 is 0 Å². The van der Waals surface area contributed by atoms with Gasteiger partial charge >= 0.3 is 6.03 Å². The number of benzene rings is 1. The molecular weight excluding hydrogens is 358 g/mol. The maximum absolute atomic E-state index is 12.6. The maximum Gasteiger partial charge on any atom is 0.319 e. The van der Waals surface area contributed by atoms with E-state index in [0.29, 0.717) is 39.2 Å². The monoisotopic (exact) mass is 383 g/mol. The molecule has 1 aromatic heterocycles. The Morgan fingerprint density at radius 3 is 2.93 bits per heavy atom. The molecule has 2 aliphatic heterocycles. The Bertz CT molecular complexity index is 892. The number of ether oxygens (including phenoxy) is 1. The minimum absolute atomic E-state index is 0.000109. The fraction of sp³-hybridized carbons (Fsp3) is 0.450. The molecule has 0 spiro atoms. The lowest BCUT2D eigenvalue weighted by molar-refractivity contribution is -0.126. The lowest BCUT2D eigenvalue weighted by Gasteiger charge is -2.29. The summed E-state index contributed by atoms with van der Waals surface area (Å²) >= 11 is 0. The first-order chi connectivity index (χ1) is 13.5. The van der Waals surface area contributed by atoms with Crippen molar-refractivity contribution in [1.29, 1.82) is 0 Å². The van der Waals surface area contributed by atoms with Gasteiger partial charge in [-0.25, -0.2) is 4.79 Å². The zero-order valence-electron chi connectivity index (χ0n) is 16.2. The van der Waals surface area contributed by atoms with Gasteiger partial charge in [0, 0.05) is 20.6 Å². The van der Waals surface area contributed by atoms with Crippen molar-refractivity contribution in [2.45, 2.75) is 26.1 Å². The summed E-state index contributed by atoms with van der Waals surface area (Å²) in [4.78, 5) is 28.1. The summed E-state index contributed by atoms with van der Waals surface area (Å²) in [6.45, 7) is 2.60. The first-order valence-electron chi connectivity index (χ1n) is 9.51. The number of nitrogens with one attached hydrogen (secondary N) is 1. The number of para-hydroxylation sites is 1. The van der Waals surface area contributed by atoms with Crippen LogP contribution in [0.15, 0.2) is 30.3 Å². The van der Waals surface area contributed by atoms with Crippen LogP contribution in [0, 0.1) is 5.92 Å². The average Bonchev–Trinajstić information content (AvgIpc) is 3.13. The standard InChI is InChI=1S/C20H25N5O3/c1-23(2)20(27)24-7-8-25-17(12-24)10-16(22-25)11-21-19(26)15-9-14-5-3-4-6-18(14)28-13-15/h3-6,10,15H,7-9,11-13H2,1-2H3,(H,21,26)/t15-/m1/s1. The highest BCUT2D eigenvalue weighted by molar-refractivity contribution is 5.79. The van der Waals surface area contributed by atoms with Crippen LogP contribution in [0.3, 0.4) is 0 Å². The number of rotatable bonds is 3. The first kappa shape index (κ1) is 18.3. The molecule has 0 fully saturated rings. The van der Waals surface area contributed by atoms with Crippen LogP contribution in [-0.2, 0) is 30.8 Å². The van der Waals surface area contributed by atoms with Crippen molar-refractivity contribution in [3.63, 3.8) is 0 Å². The third-order valence-corrected chi connectivity index (χ3v) is 5.20. The van der Waals surface area contributed by atoms with E-state index in [2.05, 4.69) is 10.4 Å². The fourth-order valence-electron chi connectivity index (χ4n) is 3.68. The molecule has 3 heterocycles. The van der Waals surface area contributed by atoms with E-state index in [1.54, 1.807) is 23.9 Å². The summed E-state index contributed by atoms with van der Waals surface area (Å²) < 4.78 is 7.62. The third-order valence-electron chi connectivity index (χ3n) is 5.20. The molecule has 28 heavy (non-hydrogen) atoms. The molecule has 1 aromatic carbocycles. The molecule has 2 aromatic rings. The van der Waals surface area contributed by atoms with E-state index < -0.39 is 0 Å². The quantitative estimate of drug-likeness (QED) is 0.865. The highest BCUT2D eigenvalue weighted by Gasteiger charge is 2.26. The largest absolute Gasteiger partial charge is 0.492 e. The molecule has 0 aliphatic carbocycles. The Labute approximate surface area is 164 Å². The van der Waals surface area contributed by atoms with Crippen molar-refractivity contribution < 1.29 is 14.3 Å². The van der Waals surface area contributed by atoms with Crippen molar-refractivity contribution in [3.05, 3.63) is 47.3 Å². The van der Waals surface area contributed by atoms with Gasteiger partial charge in [0.25, 0.3) is 0 Å². The number of amides is 3. The zero-order valence-corrected chi connectivity index (χ0v) is 16.2. The van der Waals surface area contributed by atoms with Gasteiger partial charge < -0.3 is 19.9 Å². The third kappa shape index (κ3) is 3.67. The fourth-order valence-corrected chi connectivity index (χ4v) is 3.68. The first-order valence-corrected chi connectivity index (χ1v) is 9.51. The van der Waals surface area contributed by atoms with Crippen LogP contribution in [0.2, 0.25) is 0 Å². The van der Waals surface area contributed by atoms with Crippen molar-refractivity contribution in [2.24, 2.45) is 5.92 Å². The Hall–Kier alpha value is -3.03. The Morgan fingerprint density at radius 1 is 1.29 bits per heavy atom. The number of hydrogen-bond acceptors (Lipinski definition) is 4. The number of urea groups is 1. The zero-order chi connectivity index (χ0) is 19.7. The molecule has 3 amide bonds. The Morgan fingerprint density at radius 2 is 2.11 bits per heavy atom. The molecule has 148 valence electrons. The maximum atomic E-state index is 12.6. The van der Waals surface area contributed by atoms with E-state index in [-0.39, 0.29) is 17.9 Å². The number of carbonyl (C=O) groups excluding carboxylic acids is 2. The Kier molecular flexibility index (Phi) is 4.93. The molecule has 0 saturated heterocycles. The van der Waals surface area contributed by atoms with Crippen LogP contribution in [0.4, 0.5) is 4.79 Å². The minimum atomic E-state index is -0.194. The van der Waals surface area contributed by atoms with Gasteiger partial charge in [-0.05, 0) is 24.1 Å². The molecule has 2 aliphatic rings. The van der Waals surface area contributed by atoms with Crippen LogP contribution in [-0.4, -0.2) is 58.8 Å². The van der Waals surface area contributed by atoms with Crippen molar-refractivity contribution in [3.8, 4) is 5.75 Å². The van der Waals surface area contributed by atoms with E-state index in [9.17, 15) is 9.59 Å². The molecule has 8 heteroatoms. The van der Waals surface area contributed by atoms with Gasteiger partial charge in [0.2, 0.25) is 5.91 Å². The molecule has 0 unspecified atom stereocenters. The molecule has 1 N–H and O–H groups in total. The van der Waals surface area contributed by atoms with Crippen LogP contribution < -0.4 is 10.1 Å². The second-order valence-corrected chi connectivity index (χ2v) is 7.49. The number of carbonyl (C=O) groups is 2. The van der Waals surface area contributed by atoms with E-state index >= 15 is 0 Å². The van der Waals surface area contributed by atoms with Gasteiger partial charge in [-0.1, -0.05) is 18.2 Å². The van der Waals surface area contributed by atoms with Gasteiger partial charge in [-0.15, -0.1) is 0 Å². The van der Waals surface area contributed by atoms with Gasteiger partial charge in [0.1, 0.15) is 12.4 Å². The number of hydrogen-bond donors (Lipinski definition) is 1. The van der Waals surface area contributed by atoms with Gasteiger partial charge in [0.05, 0.1) is 36.9 Å². The van der Waals surface area contributed by atoms with Crippen LogP contribution in [0.25, 0.3) is 0 Å². The van der Waals surface area contributed by atoms with Crippen molar-refractivity contribution in [2.75, 3.05) is 27.2 Å². The predicted molar refractivity (Wildman–Crippen MR) is 103 cm³/mol. The summed E-state index contributed by atoms with van der Waals surface area (Å²) in [5, 5.41) is 7.54. The van der Waals surface area contributed by atoms with Gasteiger partial charge in [0.15, 0.2) is 0 Å². The number of aromatic nitrogens is 2. The van der Waals surface area contributed by atoms with E-state index in [4.69, 9.17) is 4.74 Å². The molecule has 1 atom stereocenters. The molecular formula is C20H25N5O3. The lowest BCUT2D eigenvalue weighted by atomic mass is 9.96. The molecule has 0 radical (unpaired) electrons. The second kappa shape index (κ2) is 7.53. The smallest absolute Gasteiger partial charge is 0.319 e. The molecule has 0 saturated carbocycles. The van der Waals surface area contributed by atoms with Gasteiger partial charge in [-0.3, -0.25) is 9.48 Å². The summed E-state index contributed by atoms with van der Waals surface area (Å²) in [7, 11) is 3.51. The summed E-state index contributed by atoms with van der Waals surface area (Å²) in [6, 6.07) is 9.79. The number of nitrogens with zero attached hydrogens (tertiary/aromatic N) is 4. The summed E-state index contributed by atoms with van der Waals surface area (Å²) in [6.07, 6.45) is 0.684. The predicted octanol–water partition coefficient (Wildman–Crippen LogP) is 1.25. The SMILES string of the molecule is CN(C)C(=O)N1CCn2nc(CNC(=O)[C@H]3COc4ccccc4C3)cc2C1.